The van der Waals surface area contributed by atoms with E-state index in [0.717, 1.165) is 25.7 Å². The molecule has 3 unspecified atom stereocenters. The maximum absolute atomic E-state index is 10.2. The number of aromatic hydroxyl groups is 1. The van der Waals surface area contributed by atoms with Crippen molar-refractivity contribution in [2.45, 2.75) is 44.8 Å². The van der Waals surface area contributed by atoms with Crippen molar-refractivity contribution < 1.29 is 14.9 Å². The molecule has 1 saturated carbocycles. The molecule has 3 heteroatoms. The number of hydrogen-bond acceptors (Lipinski definition) is 3. The monoisotopic (exact) mass is 274 g/mol. The second kappa shape index (κ2) is 4.22. The molecule has 4 rings (SSSR count). The van der Waals surface area contributed by atoms with Crippen LogP contribution < -0.4 is 0 Å². The molecule has 1 aliphatic heterocycles. The van der Waals surface area contributed by atoms with Gasteiger partial charge in [-0.1, -0.05) is 13.0 Å². The Morgan fingerprint density at radius 1 is 1.30 bits per heavy atom. The van der Waals surface area contributed by atoms with Crippen LogP contribution in [0.15, 0.2) is 18.2 Å². The van der Waals surface area contributed by atoms with Crippen molar-refractivity contribution >= 4 is 0 Å². The summed E-state index contributed by atoms with van der Waals surface area (Å²) in [6.07, 6.45) is 3.75. The molecule has 2 N–H and O–H groups in total. The summed E-state index contributed by atoms with van der Waals surface area (Å²) in [4.78, 5) is 0. The smallest absolute Gasteiger partial charge is 0.160 e. The zero-order valence-electron chi connectivity index (χ0n) is 11.9. The van der Waals surface area contributed by atoms with E-state index in [1.165, 1.54) is 11.1 Å². The summed E-state index contributed by atoms with van der Waals surface area (Å²) in [6, 6.07) is 5.85. The summed E-state index contributed by atoms with van der Waals surface area (Å²) in [5.41, 5.74) is 2.67. The van der Waals surface area contributed by atoms with Crippen molar-refractivity contribution in [2.24, 2.45) is 17.3 Å². The molecule has 1 heterocycles. The lowest BCUT2D eigenvalue weighted by Crippen LogP contribution is -2.44. The fourth-order valence-electron chi connectivity index (χ4n) is 4.92. The van der Waals surface area contributed by atoms with Gasteiger partial charge in [0.15, 0.2) is 6.29 Å². The number of fused-ring (bicyclic) bond motifs is 5. The zero-order valence-corrected chi connectivity index (χ0v) is 11.9. The van der Waals surface area contributed by atoms with Crippen molar-refractivity contribution in [3.8, 4) is 5.75 Å². The van der Waals surface area contributed by atoms with Gasteiger partial charge in [-0.05, 0) is 66.7 Å². The topological polar surface area (TPSA) is 49.7 Å². The third kappa shape index (κ3) is 1.60. The van der Waals surface area contributed by atoms with Crippen LogP contribution in [0.25, 0.3) is 0 Å². The molecule has 1 saturated heterocycles. The minimum Gasteiger partial charge on any atom is -0.508 e. The van der Waals surface area contributed by atoms with Crippen molar-refractivity contribution in [1.29, 1.82) is 0 Å². The second-order valence-corrected chi connectivity index (χ2v) is 7.03. The molecular weight excluding hydrogens is 252 g/mol. The van der Waals surface area contributed by atoms with Gasteiger partial charge in [0.2, 0.25) is 0 Å². The van der Waals surface area contributed by atoms with Crippen LogP contribution in [0.5, 0.6) is 5.75 Å². The Bertz CT molecular complexity index is 541. The van der Waals surface area contributed by atoms with Crippen LogP contribution in [0.3, 0.4) is 0 Å². The van der Waals surface area contributed by atoms with Gasteiger partial charge in [0.05, 0.1) is 6.61 Å². The quantitative estimate of drug-likeness (QED) is 0.765. The lowest BCUT2D eigenvalue weighted by Gasteiger charge is -2.48. The number of ether oxygens (including phenoxy) is 1. The first-order valence-electron chi connectivity index (χ1n) is 7.71. The molecule has 0 radical (unpaired) electrons. The summed E-state index contributed by atoms with van der Waals surface area (Å²) in [6.45, 7) is 2.89. The SMILES string of the molecule is C[C@]12CCC3c4ccc(O)cc4CCC3C1CO[C@@H]2O. The number of phenolic OH excluding ortho intramolecular Hbond substituents is 1. The van der Waals surface area contributed by atoms with Crippen molar-refractivity contribution in [3.63, 3.8) is 0 Å². The average Bonchev–Trinajstić information content (AvgIpc) is 2.74. The highest BCUT2D eigenvalue weighted by atomic mass is 16.6. The van der Waals surface area contributed by atoms with E-state index in [1.807, 2.05) is 12.1 Å². The molecular formula is C17H22O3. The van der Waals surface area contributed by atoms with Gasteiger partial charge >= 0.3 is 0 Å². The predicted molar refractivity (Wildman–Crippen MR) is 75.4 cm³/mol. The molecule has 1 aromatic carbocycles. The highest BCUT2D eigenvalue weighted by Gasteiger charge is 2.55. The zero-order chi connectivity index (χ0) is 13.9. The normalized spacial score (nSPS) is 42.7. The van der Waals surface area contributed by atoms with Crippen LogP contribution in [0.4, 0.5) is 0 Å². The summed E-state index contributed by atoms with van der Waals surface area (Å²) < 4.78 is 5.57. The third-order valence-corrected chi connectivity index (χ3v) is 6.15. The second-order valence-electron chi connectivity index (χ2n) is 7.03. The van der Waals surface area contributed by atoms with Crippen LogP contribution >= 0.6 is 0 Å². The van der Waals surface area contributed by atoms with E-state index in [2.05, 4.69) is 13.0 Å². The first-order chi connectivity index (χ1) is 9.59. The molecule has 3 nitrogen and oxygen atoms in total. The molecule has 0 amide bonds. The van der Waals surface area contributed by atoms with Gasteiger partial charge in [-0.3, -0.25) is 0 Å². The predicted octanol–water partition coefficient (Wildman–Crippen LogP) is 2.80. The number of phenols is 1. The Labute approximate surface area is 119 Å². The Balaban J connectivity index is 1.71. The number of aryl methyl sites for hydroxylation is 1. The minimum absolute atomic E-state index is 0.0599. The van der Waals surface area contributed by atoms with Crippen molar-refractivity contribution in [3.05, 3.63) is 29.3 Å². The summed E-state index contributed by atoms with van der Waals surface area (Å²) >= 11 is 0. The van der Waals surface area contributed by atoms with Gasteiger partial charge < -0.3 is 14.9 Å². The van der Waals surface area contributed by atoms with Gasteiger partial charge in [-0.15, -0.1) is 0 Å². The van der Waals surface area contributed by atoms with Crippen LogP contribution in [0.2, 0.25) is 0 Å². The lowest BCUT2D eigenvalue weighted by molar-refractivity contribution is -0.124. The molecule has 2 aliphatic carbocycles. The van der Waals surface area contributed by atoms with E-state index in [-0.39, 0.29) is 5.41 Å². The molecule has 1 aromatic rings. The summed E-state index contributed by atoms with van der Waals surface area (Å²) in [5.74, 6) is 2.04. The molecule has 5 atom stereocenters. The van der Waals surface area contributed by atoms with Gasteiger partial charge in [0.25, 0.3) is 0 Å². The first-order valence-corrected chi connectivity index (χ1v) is 7.71. The standard InChI is InChI=1S/C17H22O3/c1-17-7-6-13-12-5-3-11(18)8-10(12)2-4-14(13)15(17)9-20-16(17)19/h3,5,8,13-16,18-19H,2,4,6-7,9H2,1H3/t13?,14?,15?,16-,17-/m0/s1. The van der Waals surface area contributed by atoms with E-state index in [0.29, 0.717) is 30.1 Å². The molecule has 3 aliphatic rings. The lowest BCUT2D eigenvalue weighted by atomic mass is 9.55. The Morgan fingerprint density at radius 3 is 3.00 bits per heavy atom. The van der Waals surface area contributed by atoms with E-state index >= 15 is 0 Å². The van der Waals surface area contributed by atoms with Crippen LogP contribution in [-0.4, -0.2) is 23.1 Å². The van der Waals surface area contributed by atoms with E-state index in [1.54, 1.807) is 0 Å². The fourth-order valence-corrected chi connectivity index (χ4v) is 4.92. The molecule has 2 fully saturated rings. The van der Waals surface area contributed by atoms with Crippen molar-refractivity contribution in [2.75, 3.05) is 6.61 Å². The number of rotatable bonds is 0. The van der Waals surface area contributed by atoms with Gasteiger partial charge in [-0.2, -0.15) is 0 Å². The maximum atomic E-state index is 10.2. The Morgan fingerprint density at radius 2 is 2.15 bits per heavy atom. The molecule has 0 aromatic heterocycles. The Hall–Kier alpha value is -1.06. The van der Waals surface area contributed by atoms with E-state index in [9.17, 15) is 10.2 Å². The fraction of sp³-hybridized carbons (Fsp3) is 0.647. The Kier molecular flexibility index (Phi) is 2.67. The van der Waals surface area contributed by atoms with Crippen LogP contribution in [0, 0.1) is 17.3 Å². The average molecular weight is 274 g/mol. The molecule has 20 heavy (non-hydrogen) atoms. The highest BCUT2D eigenvalue weighted by Crippen LogP contribution is 2.58. The van der Waals surface area contributed by atoms with E-state index < -0.39 is 6.29 Å². The third-order valence-electron chi connectivity index (χ3n) is 6.15. The van der Waals surface area contributed by atoms with Crippen molar-refractivity contribution in [1.82, 2.24) is 0 Å². The van der Waals surface area contributed by atoms with Crippen LogP contribution in [0.1, 0.15) is 43.2 Å². The molecule has 108 valence electrons. The number of aliphatic hydroxyl groups is 1. The number of aliphatic hydroxyl groups excluding tert-OH is 1. The van der Waals surface area contributed by atoms with Crippen LogP contribution in [-0.2, 0) is 11.2 Å². The number of hydrogen-bond donors (Lipinski definition) is 2. The van der Waals surface area contributed by atoms with E-state index in [4.69, 9.17) is 4.74 Å². The maximum Gasteiger partial charge on any atom is 0.160 e. The first kappa shape index (κ1) is 12.7. The summed E-state index contributed by atoms with van der Waals surface area (Å²) in [5, 5.41) is 19.8. The van der Waals surface area contributed by atoms with Gasteiger partial charge in [0, 0.05) is 5.41 Å². The minimum atomic E-state index is -0.588. The molecule has 0 spiro atoms. The van der Waals surface area contributed by atoms with Gasteiger partial charge in [-0.25, -0.2) is 0 Å². The van der Waals surface area contributed by atoms with Gasteiger partial charge in [0.1, 0.15) is 5.75 Å². The summed E-state index contributed by atoms with van der Waals surface area (Å²) in [7, 11) is 0. The molecule has 0 bridgehead atoms. The number of benzene rings is 1. The largest absolute Gasteiger partial charge is 0.508 e. The highest BCUT2D eigenvalue weighted by molar-refractivity contribution is 5.40.